The Morgan fingerprint density at radius 2 is 1.86 bits per heavy atom. The Morgan fingerprint density at radius 3 is 2.57 bits per heavy atom. The standard InChI is InChI=1S/C19H23N5O4/c1-22-15-12-13(23-8-5-19(6-9-23)27-10-11-28-19)2-3-14(15)17(21-22)24-7-4-16(25)20-18(24)26/h2-3,12H,4-11H2,1H3,(H,20,25,26). The summed E-state index contributed by atoms with van der Waals surface area (Å²) in [4.78, 5) is 27.5. The van der Waals surface area contributed by atoms with Crippen molar-refractivity contribution in [2.45, 2.75) is 25.0 Å². The number of imide groups is 1. The van der Waals surface area contributed by atoms with Crippen LogP contribution in [0.5, 0.6) is 0 Å². The SMILES string of the molecule is Cn1nc(N2CCC(=O)NC2=O)c2ccc(N3CCC4(CC3)OCCO4)cc21. The molecule has 2 aromatic rings. The molecule has 0 atom stereocenters. The first kappa shape index (κ1) is 17.4. The van der Waals surface area contributed by atoms with Crippen LogP contribution in [0, 0.1) is 0 Å². The van der Waals surface area contributed by atoms with E-state index in [1.54, 1.807) is 4.68 Å². The number of carbonyl (C=O) groups is 2. The van der Waals surface area contributed by atoms with Gasteiger partial charge < -0.3 is 14.4 Å². The van der Waals surface area contributed by atoms with Crippen LogP contribution in [0.15, 0.2) is 18.2 Å². The van der Waals surface area contributed by atoms with Crippen LogP contribution in [0.2, 0.25) is 0 Å². The van der Waals surface area contributed by atoms with Crippen LogP contribution in [0.3, 0.4) is 0 Å². The van der Waals surface area contributed by atoms with Crippen molar-refractivity contribution in [3.05, 3.63) is 18.2 Å². The molecule has 0 saturated carbocycles. The van der Waals surface area contributed by atoms with Gasteiger partial charge in [-0.15, -0.1) is 0 Å². The molecule has 3 amide bonds. The highest BCUT2D eigenvalue weighted by Crippen LogP contribution is 2.35. The van der Waals surface area contributed by atoms with E-state index in [0.29, 0.717) is 25.6 Å². The number of hydrogen-bond acceptors (Lipinski definition) is 6. The molecule has 0 radical (unpaired) electrons. The summed E-state index contributed by atoms with van der Waals surface area (Å²) in [6.07, 6.45) is 1.98. The zero-order valence-electron chi connectivity index (χ0n) is 15.8. The van der Waals surface area contributed by atoms with Crippen molar-refractivity contribution in [1.29, 1.82) is 0 Å². The molecule has 1 aromatic carbocycles. The fourth-order valence-electron chi connectivity index (χ4n) is 4.28. The number of nitrogens with zero attached hydrogens (tertiary/aromatic N) is 4. The molecule has 0 aliphatic carbocycles. The van der Waals surface area contributed by atoms with Gasteiger partial charge in [0.1, 0.15) is 0 Å². The van der Waals surface area contributed by atoms with Crippen LogP contribution in [-0.2, 0) is 21.3 Å². The number of rotatable bonds is 2. The van der Waals surface area contributed by atoms with E-state index in [9.17, 15) is 9.59 Å². The number of piperidine rings is 1. The maximum atomic E-state index is 12.2. The molecule has 0 unspecified atom stereocenters. The second kappa shape index (κ2) is 6.46. The van der Waals surface area contributed by atoms with Crippen LogP contribution in [-0.4, -0.2) is 60.4 Å². The zero-order valence-corrected chi connectivity index (χ0v) is 15.8. The summed E-state index contributed by atoms with van der Waals surface area (Å²) in [5.74, 6) is -0.0550. The number of anilines is 2. The number of ether oxygens (including phenoxy) is 2. The molecule has 5 rings (SSSR count). The Bertz CT molecular complexity index is 939. The van der Waals surface area contributed by atoms with Gasteiger partial charge in [0, 0.05) is 57.0 Å². The lowest BCUT2D eigenvalue weighted by Gasteiger charge is -2.38. The molecule has 9 nitrogen and oxygen atoms in total. The zero-order chi connectivity index (χ0) is 19.3. The van der Waals surface area contributed by atoms with Crippen LogP contribution in [0.4, 0.5) is 16.3 Å². The van der Waals surface area contributed by atoms with E-state index in [4.69, 9.17) is 9.47 Å². The average molecular weight is 385 g/mol. The molecule has 1 N–H and O–H groups in total. The Balaban J connectivity index is 1.41. The fourth-order valence-corrected chi connectivity index (χ4v) is 4.28. The van der Waals surface area contributed by atoms with Crippen molar-refractivity contribution in [2.24, 2.45) is 7.05 Å². The number of amides is 3. The Hall–Kier alpha value is -2.65. The van der Waals surface area contributed by atoms with E-state index in [2.05, 4.69) is 27.4 Å². The van der Waals surface area contributed by atoms with Gasteiger partial charge in [0.25, 0.3) is 0 Å². The number of hydrogen-bond donors (Lipinski definition) is 1. The summed E-state index contributed by atoms with van der Waals surface area (Å²) in [5.41, 5.74) is 2.07. The largest absolute Gasteiger partial charge is 0.371 e. The van der Waals surface area contributed by atoms with Crippen molar-refractivity contribution < 1.29 is 19.1 Å². The molecule has 4 heterocycles. The quantitative estimate of drug-likeness (QED) is 0.840. The maximum absolute atomic E-state index is 12.2. The van der Waals surface area contributed by atoms with E-state index in [0.717, 1.165) is 42.5 Å². The molecular formula is C19H23N5O4. The molecule has 0 bridgehead atoms. The molecule has 3 aliphatic heterocycles. The predicted octanol–water partition coefficient (Wildman–Crippen LogP) is 1.36. The number of benzene rings is 1. The van der Waals surface area contributed by atoms with Gasteiger partial charge in [-0.1, -0.05) is 0 Å². The highest BCUT2D eigenvalue weighted by atomic mass is 16.7. The first-order valence-corrected chi connectivity index (χ1v) is 9.66. The van der Waals surface area contributed by atoms with Crippen molar-refractivity contribution in [3.63, 3.8) is 0 Å². The summed E-state index contributed by atoms with van der Waals surface area (Å²) in [6, 6.07) is 5.75. The number of fused-ring (bicyclic) bond motifs is 1. The van der Waals surface area contributed by atoms with Crippen LogP contribution in [0.1, 0.15) is 19.3 Å². The summed E-state index contributed by atoms with van der Waals surface area (Å²) in [7, 11) is 1.87. The minimum absolute atomic E-state index is 0.248. The van der Waals surface area contributed by atoms with Gasteiger partial charge in [0.2, 0.25) is 5.91 Å². The Kier molecular flexibility index (Phi) is 4.02. The topological polar surface area (TPSA) is 88.9 Å². The maximum Gasteiger partial charge on any atom is 0.329 e. The molecule has 3 fully saturated rings. The van der Waals surface area contributed by atoms with Gasteiger partial charge in [-0.25, -0.2) is 4.79 Å². The third kappa shape index (κ3) is 2.82. The number of carbonyl (C=O) groups excluding carboxylic acids is 2. The van der Waals surface area contributed by atoms with E-state index in [-0.39, 0.29) is 18.1 Å². The number of aromatic nitrogens is 2. The van der Waals surface area contributed by atoms with Crippen LogP contribution < -0.4 is 15.1 Å². The molecule has 148 valence electrons. The predicted molar refractivity (Wildman–Crippen MR) is 102 cm³/mol. The average Bonchev–Trinajstić information content (AvgIpc) is 3.27. The Labute approximate surface area is 162 Å². The minimum atomic E-state index is -0.418. The summed E-state index contributed by atoms with van der Waals surface area (Å²) in [5, 5.41) is 7.80. The van der Waals surface area contributed by atoms with Gasteiger partial charge in [0.05, 0.1) is 18.7 Å². The molecular weight excluding hydrogens is 362 g/mol. The third-order valence-corrected chi connectivity index (χ3v) is 5.83. The number of nitrogens with one attached hydrogen (secondary N) is 1. The molecule has 9 heteroatoms. The lowest BCUT2D eigenvalue weighted by Crippen LogP contribution is -2.49. The fraction of sp³-hybridized carbons (Fsp3) is 0.526. The van der Waals surface area contributed by atoms with Gasteiger partial charge in [-0.05, 0) is 18.2 Å². The second-order valence-corrected chi connectivity index (χ2v) is 7.50. The van der Waals surface area contributed by atoms with Crippen LogP contribution >= 0.6 is 0 Å². The Morgan fingerprint density at radius 1 is 1.11 bits per heavy atom. The summed E-state index contributed by atoms with van der Waals surface area (Å²) >= 11 is 0. The smallest absolute Gasteiger partial charge is 0.329 e. The van der Waals surface area contributed by atoms with Crippen molar-refractivity contribution >= 4 is 34.3 Å². The lowest BCUT2D eigenvalue weighted by molar-refractivity contribution is -0.169. The molecule has 3 saturated heterocycles. The van der Waals surface area contributed by atoms with Crippen LogP contribution in [0.25, 0.3) is 10.9 Å². The second-order valence-electron chi connectivity index (χ2n) is 7.50. The lowest BCUT2D eigenvalue weighted by atomic mass is 10.0. The highest BCUT2D eigenvalue weighted by Gasteiger charge is 2.40. The normalized spacial score (nSPS) is 22.3. The molecule has 1 spiro atoms. The monoisotopic (exact) mass is 385 g/mol. The molecule has 1 aromatic heterocycles. The van der Waals surface area contributed by atoms with Crippen molar-refractivity contribution in [1.82, 2.24) is 15.1 Å². The van der Waals surface area contributed by atoms with Gasteiger partial charge in [-0.2, -0.15) is 5.10 Å². The van der Waals surface area contributed by atoms with Gasteiger partial charge in [-0.3, -0.25) is 19.7 Å². The number of aryl methyl sites for hydroxylation is 1. The minimum Gasteiger partial charge on any atom is -0.371 e. The first-order chi connectivity index (χ1) is 13.5. The number of urea groups is 1. The summed E-state index contributed by atoms with van der Waals surface area (Å²) in [6.45, 7) is 3.44. The van der Waals surface area contributed by atoms with Gasteiger partial charge in [0.15, 0.2) is 11.6 Å². The van der Waals surface area contributed by atoms with E-state index < -0.39 is 6.03 Å². The van der Waals surface area contributed by atoms with E-state index >= 15 is 0 Å². The third-order valence-electron chi connectivity index (χ3n) is 5.83. The van der Waals surface area contributed by atoms with Crippen molar-refractivity contribution in [3.8, 4) is 0 Å². The van der Waals surface area contributed by atoms with E-state index in [1.807, 2.05) is 13.1 Å². The molecule has 28 heavy (non-hydrogen) atoms. The first-order valence-electron chi connectivity index (χ1n) is 9.66. The molecule has 3 aliphatic rings. The van der Waals surface area contributed by atoms with Gasteiger partial charge >= 0.3 is 6.03 Å². The van der Waals surface area contributed by atoms with Crippen molar-refractivity contribution in [2.75, 3.05) is 42.6 Å². The highest BCUT2D eigenvalue weighted by molar-refractivity contribution is 6.09. The summed E-state index contributed by atoms with van der Waals surface area (Å²) < 4.78 is 13.4. The van der Waals surface area contributed by atoms with E-state index in [1.165, 1.54) is 4.90 Å².